The minimum Gasteiger partial charge on any atom is -0.660 e. The molecule has 2 rings (SSSR count). The van der Waals surface area contributed by atoms with E-state index in [1.807, 2.05) is 31.2 Å². The van der Waals surface area contributed by atoms with E-state index < -0.39 is 0 Å². The molecule has 0 aliphatic heterocycles. The van der Waals surface area contributed by atoms with E-state index in [0.717, 1.165) is 11.3 Å². The maximum absolute atomic E-state index is 7.13. The van der Waals surface area contributed by atoms with Crippen LogP contribution in [-0.4, -0.2) is 5.27 Å². The molecule has 1 heterocycles. The number of rotatable bonds is 2. The monoisotopic (exact) mass is 190 g/mol. The standard InChI is InChI=1S/C9H10N4O/c1-7-3-2-4-8(5-7)11-13-6-9(10)14-12-13/h2-6,10H,1H3,(H,11,12). The molecule has 0 unspecified atom stereocenters. The van der Waals surface area contributed by atoms with Gasteiger partial charge in [-0.15, -0.1) is 5.43 Å². The molecule has 0 atom stereocenters. The van der Waals surface area contributed by atoms with Gasteiger partial charge in [0.15, 0.2) is 0 Å². The van der Waals surface area contributed by atoms with Crippen LogP contribution >= 0.6 is 0 Å². The van der Waals surface area contributed by atoms with Crippen LogP contribution in [0.4, 0.5) is 11.6 Å². The Hall–Kier alpha value is -2.04. The van der Waals surface area contributed by atoms with E-state index in [2.05, 4.69) is 15.2 Å². The van der Waals surface area contributed by atoms with Crippen LogP contribution in [0.25, 0.3) is 5.73 Å². The molecule has 0 aliphatic rings. The Kier molecular flexibility index (Phi) is 2.06. The average molecular weight is 190 g/mol. The highest BCUT2D eigenvalue weighted by Crippen LogP contribution is 2.08. The van der Waals surface area contributed by atoms with Crippen molar-refractivity contribution in [2.75, 3.05) is 5.43 Å². The quantitative estimate of drug-likeness (QED) is 0.734. The summed E-state index contributed by atoms with van der Waals surface area (Å²) in [5.41, 5.74) is 12.2. The van der Waals surface area contributed by atoms with Gasteiger partial charge in [-0.3, -0.25) is 0 Å². The first-order valence-electron chi connectivity index (χ1n) is 4.18. The molecular formula is C9H10N4O. The summed E-state index contributed by atoms with van der Waals surface area (Å²) >= 11 is 0. The third-order valence-electron chi connectivity index (χ3n) is 1.73. The summed E-state index contributed by atoms with van der Waals surface area (Å²) in [5, 5.41) is 3.58. The lowest BCUT2D eigenvalue weighted by atomic mass is 10.2. The fraction of sp³-hybridized carbons (Fsp3) is 0.111. The molecule has 0 aliphatic carbocycles. The fourth-order valence-corrected chi connectivity index (χ4v) is 1.15. The number of anilines is 1. The van der Waals surface area contributed by atoms with Crippen molar-refractivity contribution in [1.29, 1.82) is 0 Å². The van der Waals surface area contributed by atoms with Crippen molar-refractivity contribution in [3.63, 3.8) is 0 Å². The minimum atomic E-state index is 0.0187. The molecule has 0 bridgehead atoms. The normalized spacial score (nSPS) is 10.1. The highest BCUT2D eigenvalue weighted by Gasteiger charge is 2.04. The van der Waals surface area contributed by atoms with Gasteiger partial charge in [-0.1, -0.05) is 12.1 Å². The second-order valence-corrected chi connectivity index (χ2v) is 2.99. The van der Waals surface area contributed by atoms with E-state index >= 15 is 0 Å². The summed E-state index contributed by atoms with van der Waals surface area (Å²) in [6.07, 6.45) is 1.45. The summed E-state index contributed by atoms with van der Waals surface area (Å²) in [5.74, 6) is 0.0187. The van der Waals surface area contributed by atoms with Crippen molar-refractivity contribution < 1.29 is 9.31 Å². The molecule has 0 amide bonds. The predicted molar refractivity (Wildman–Crippen MR) is 50.9 cm³/mol. The Morgan fingerprint density at radius 1 is 1.50 bits per heavy atom. The molecule has 2 N–H and O–H groups in total. The minimum absolute atomic E-state index is 0.0187. The first-order chi connectivity index (χ1) is 6.74. The molecular weight excluding hydrogens is 180 g/mol. The molecule has 0 saturated carbocycles. The molecule has 1 aromatic carbocycles. The van der Waals surface area contributed by atoms with Gasteiger partial charge in [0.05, 0.1) is 10.5 Å². The second kappa shape index (κ2) is 3.37. The Morgan fingerprint density at radius 3 is 3.00 bits per heavy atom. The van der Waals surface area contributed by atoms with Crippen LogP contribution in [0.3, 0.4) is 0 Å². The first kappa shape index (κ1) is 8.55. The number of hydrogen-bond acceptors (Lipinski definition) is 3. The third-order valence-corrected chi connectivity index (χ3v) is 1.73. The maximum atomic E-state index is 7.13. The van der Waals surface area contributed by atoms with E-state index in [1.54, 1.807) is 0 Å². The van der Waals surface area contributed by atoms with Crippen LogP contribution in [0.5, 0.6) is 0 Å². The lowest BCUT2D eigenvalue weighted by Crippen LogP contribution is -2.43. The summed E-state index contributed by atoms with van der Waals surface area (Å²) in [4.78, 5) is 1.36. The zero-order valence-corrected chi connectivity index (χ0v) is 7.69. The van der Waals surface area contributed by atoms with Crippen molar-refractivity contribution in [3.8, 4) is 0 Å². The highest BCUT2D eigenvalue weighted by molar-refractivity contribution is 5.42. The third kappa shape index (κ3) is 1.82. The van der Waals surface area contributed by atoms with E-state index in [1.165, 1.54) is 11.0 Å². The molecule has 5 nitrogen and oxygen atoms in total. The molecule has 1 aromatic heterocycles. The molecule has 0 saturated heterocycles. The zero-order chi connectivity index (χ0) is 9.97. The van der Waals surface area contributed by atoms with E-state index in [0.29, 0.717) is 0 Å². The van der Waals surface area contributed by atoms with Gasteiger partial charge in [0.25, 0.3) is 6.20 Å². The molecule has 0 spiro atoms. The maximum Gasteiger partial charge on any atom is 0.257 e. The largest absolute Gasteiger partial charge is 0.660 e. The van der Waals surface area contributed by atoms with Crippen LogP contribution in [0.15, 0.2) is 35.0 Å². The van der Waals surface area contributed by atoms with E-state index in [4.69, 9.17) is 5.73 Å². The molecule has 5 heteroatoms. The molecule has 72 valence electrons. The number of nitrogens with one attached hydrogen (secondary N) is 2. The molecule has 0 radical (unpaired) electrons. The Bertz CT molecular complexity index is 438. The molecule has 2 aromatic rings. The Balaban J connectivity index is 2.18. The zero-order valence-electron chi connectivity index (χ0n) is 7.69. The van der Waals surface area contributed by atoms with Gasteiger partial charge in [0.1, 0.15) is 5.88 Å². The lowest BCUT2D eigenvalue weighted by molar-refractivity contribution is -0.713. The van der Waals surface area contributed by atoms with Crippen molar-refractivity contribution in [2.24, 2.45) is 0 Å². The van der Waals surface area contributed by atoms with E-state index in [9.17, 15) is 0 Å². The smallest absolute Gasteiger partial charge is 0.257 e. The number of aryl methyl sites for hydroxylation is 1. The van der Waals surface area contributed by atoms with Crippen molar-refractivity contribution in [3.05, 3.63) is 41.8 Å². The van der Waals surface area contributed by atoms with Crippen LogP contribution in [-0.2, 0) is 0 Å². The lowest BCUT2D eigenvalue weighted by Gasteiger charge is -1.96. The van der Waals surface area contributed by atoms with Gasteiger partial charge < -0.3 is 10.3 Å². The number of benzene rings is 1. The van der Waals surface area contributed by atoms with Gasteiger partial charge in [-0.25, -0.2) is 0 Å². The summed E-state index contributed by atoms with van der Waals surface area (Å²) in [6, 6.07) is 7.85. The van der Waals surface area contributed by atoms with Gasteiger partial charge in [-0.05, 0) is 24.6 Å². The Labute approximate surface area is 81.1 Å². The van der Waals surface area contributed by atoms with Crippen LogP contribution in [0.1, 0.15) is 5.56 Å². The highest BCUT2D eigenvalue weighted by atomic mass is 16.5. The topological polar surface area (TPSA) is 65.7 Å². The van der Waals surface area contributed by atoms with E-state index in [-0.39, 0.29) is 5.88 Å². The van der Waals surface area contributed by atoms with Gasteiger partial charge in [0, 0.05) is 0 Å². The van der Waals surface area contributed by atoms with Gasteiger partial charge in [0.2, 0.25) is 5.27 Å². The van der Waals surface area contributed by atoms with Gasteiger partial charge in [-0.2, -0.15) is 0 Å². The summed E-state index contributed by atoms with van der Waals surface area (Å²) < 4.78 is 4.58. The van der Waals surface area contributed by atoms with Crippen molar-refractivity contribution >= 4 is 11.6 Å². The van der Waals surface area contributed by atoms with Crippen molar-refractivity contribution in [1.82, 2.24) is 5.27 Å². The van der Waals surface area contributed by atoms with Crippen molar-refractivity contribution in [2.45, 2.75) is 6.92 Å². The van der Waals surface area contributed by atoms with Crippen LogP contribution < -0.4 is 10.2 Å². The van der Waals surface area contributed by atoms with Crippen LogP contribution in [0, 0.1) is 6.92 Å². The predicted octanol–water partition coefficient (Wildman–Crippen LogP) is 1.83. The SMILES string of the molecule is Cc1cccc(N[n+]2cc([NH-])on2)c1. The Morgan fingerprint density at radius 2 is 2.36 bits per heavy atom. The first-order valence-corrected chi connectivity index (χ1v) is 4.18. The number of aromatic nitrogens is 2. The fourth-order valence-electron chi connectivity index (χ4n) is 1.15. The molecule has 0 fully saturated rings. The number of nitrogens with zero attached hydrogens (tertiary/aromatic N) is 2. The average Bonchev–Trinajstić information content (AvgIpc) is 2.51. The summed E-state index contributed by atoms with van der Waals surface area (Å²) in [7, 11) is 0. The second-order valence-electron chi connectivity index (χ2n) is 2.99. The van der Waals surface area contributed by atoms with Crippen LogP contribution in [0.2, 0.25) is 0 Å². The van der Waals surface area contributed by atoms with Gasteiger partial charge >= 0.3 is 0 Å². The number of hydrogen-bond donors (Lipinski definition) is 1. The molecule has 14 heavy (non-hydrogen) atoms. The summed E-state index contributed by atoms with van der Waals surface area (Å²) in [6.45, 7) is 2.01.